The molecule has 0 saturated carbocycles. The summed E-state index contributed by atoms with van der Waals surface area (Å²) in [5.74, 6) is -0.204. The van der Waals surface area contributed by atoms with Crippen LogP contribution in [-0.4, -0.2) is 11.8 Å². The number of carbonyl (C=O) groups excluding carboxylic acids is 1. The fraction of sp³-hybridized carbons (Fsp3) is 0.0769. The largest absolute Gasteiger partial charge is 0.397 e. The Morgan fingerprint density at radius 3 is 2.80 bits per heavy atom. The Balaban J connectivity index is 1.99. The standard InChI is InChI=1S/C13H10Cl2N2O2S/c14-9-4-3-8(10(15)7-9)6-12(16)17-19-13(18)11-2-1-5-20-11/h1-5,7H,6H2,(H2,16,17)/p+1. The minimum atomic E-state index is -0.481. The maximum Gasteiger partial charge on any atom is 0.397 e. The number of hydrogen-bond acceptors (Lipinski definition) is 3. The second kappa shape index (κ2) is 6.74. The highest BCUT2D eigenvalue weighted by Gasteiger charge is 2.11. The highest BCUT2D eigenvalue weighted by molar-refractivity contribution is 7.11. The number of benzene rings is 1. The fourth-order valence-corrected chi connectivity index (χ4v) is 2.54. The van der Waals surface area contributed by atoms with Crippen molar-refractivity contribution < 1.29 is 14.8 Å². The van der Waals surface area contributed by atoms with Gasteiger partial charge in [0.1, 0.15) is 4.88 Å². The molecule has 20 heavy (non-hydrogen) atoms. The van der Waals surface area contributed by atoms with Crippen LogP contribution in [0.4, 0.5) is 0 Å². The number of halogens is 2. The lowest BCUT2D eigenvalue weighted by Crippen LogP contribution is -2.75. The van der Waals surface area contributed by atoms with Crippen molar-refractivity contribution >= 4 is 46.3 Å². The van der Waals surface area contributed by atoms with Crippen LogP contribution in [0.1, 0.15) is 15.2 Å². The van der Waals surface area contributed by atoms with Gasteiger partial charge in [-0.15, -0.1) is 11.3 Å². The van der Waals surface area contributed by atoms with E-state index >= 15 is 0 Å². The van der Waals surface area contributed by atoms with Crippen molar-refractivity contribution in [3.8, 4) is 0 Å². The van der Waals surface area contributed by atoms with E-state index in [2.05, 4.69) is 5.16 Å². The van der Waals surface area contributed by atoms with Crippen LogP contribution in [0.3, 0.4) is 0 Å². The molecule has 0 unspecified atom stereocenters. The monoisotopic (exact) mass is 329 g/mol. The quantitative estimate of drug-likeness (QED) is 0.389. The van der Waals surface area contributed by atoms with E-state index in [1.807, 2.05) is 0 Å². The van der Waals surface area contributed by atoms with Crippen LogP contribution >= 0.6 is 34.5 Å². The van der Waals surface area contributed by atoms with Gasteiger partial charge in [-0.2, -0.15) is 0 Å². The topological polar surface area (TPSA) is 66.3 Å². The first-order chi connectivity index (χ1) is 9.56. The molecule has 1 aromatic carbocycles. The zero-order valence-electron chi connectivity index (χ0n) is 10.2. The Bertz CT molecular complexity index is 642. The lowest BCUT2D eigenvalue weighted by Gasteiger charge is -2.01. The summed E-state index contributed by atoms with van der Waals surface area (Å²) in [7, 11) is 0. The summed E-state index contributed by atoms with van der Waals surface area (Å²) >= 11 is 13.1. The van der Waals surface area contributed by atoms with E-state index in [0.717, 1.165) is 5.56 Å². The minimum Gasteiger partial charge on any atom is -0.288 e. The molecule has 0 aliphatic carbocycles. The average molecular weight is 330 g/mol. The molecular formula is C13H11Cl2N2O2S+. The first kappa shape index (κ1) is 14.8. The molecule has 3 N–H and O–H groups in total. The van der Waals surface area contributed by atoms with Crippen LogP contribution in [0, 0.1) is 0 Å². The van der Waals surface area contributed by atoms with Crippen LogP contribution in [0.5, 0.6) is 0 Å². The van der Waals surface area contributed by atoms with Crippen molar-refractivity contribution in [1.82, 2.24) is 0 Å². The Morgan fingerprint density at radius 1 is 1.35 bits per heavy atom. The summed E-state index contributed by atoms with van der Waals surface area (Å²) in [5.41, 5.74) is 6.54. The molecule has 4 nitrogen and oxygen atoms in total. The van der Waals surface area contributed by atoms with E-state index in [-0.39, 0.29) is 5.84 Å². The Labute approximate surface area is 129 Å². The summed E-state index contributed by atoms with van der Waals surface area (Å²) < 4.78 is 0. The normalized spacial score (nSPS) is 11.4. The molecule has 0 aliphatic rings. The molecule has 1 aromatic heterocycles. The van der Waals surface area contributed by atoms with Gasteiger partial charge in [0.2, 0.25) is 0 Å². The third-order valence-corrected chi connectivity index (χ3v) is 3.83. The Hall–Kier alpha value is -1.56. The van der Waals surface area contributed by atoms with Crippen LogP contribution in [-0.2, 0) is 11.3 Å². The number of carbonyl (C=O) groups is 1. The van der Waals surface area contributed by atoms with Gasteiger partial charge in [-0.05, 0) is 29.1 Å². The first-order valence-electron chi connectivity index (χ1n) is 5.62. The maximum atomic E-state index is 11.6. The Kier molecular flexibility index (Phi) is 5.00. The van der Waals surface area contributed by atoms with E-state index in [1.54, 1.807) is 35.7 Å². The lowest BCUT2D eigenvalue weighted by molar-refractivity contribution is -0.722. The van der Waals surface area contributed by atoms with Gasteiger partial charge in [-0.1, -0.05) is 40.5 Å². The molecule has 0 bridgehead atoms. The molecule has 0 radical (unpaired) electrons. The number of hydrogen-bond donors (Lipinski definition) is 2. The number of thiophene rings is 1. The zero-order valence-corrected chi connectivity index (χ0v) is 12.6. The minimum absolute atomic E-state index is 0.277. The van der Waals surface area contributed by atoms with Gasteiger partial charge in [0.05, 0.1) is 6.42 Å². The summed E-state index contributed by atoms with van der Waals surface area (Å²) in [6.45, 7) is 0. The van der Waals surface area contributed by atoms with Crippen molar-refractivity contribution in [3.63, 3.8) is 0 Å². The van der Waals surface area contributed by atoms with Crippen molar-refractivity contribution in [2.45, 2.75) is 6.42 Å². The highest BCUT2D eigenvalue weighted by atomic mass is 35.5. The molecule has 2 aromatic rings. The number of rotatable bonds is 4. The lowest BCUT2D eigenvalue weighted by atomic mass is 10.1. The zero-order chi connectivity index (χ0) is 14.5. The average Bonchev–Trinajstić information content (AvgIpc) is 2.93. The van der Waals surface area contributed by atoms with E-state index in [4.69, 9.17) is 33.8 Å². The van der Waals surface area contributed by atoms with E-state index in [1.165, 1.54) is 11.3 Å². The van der Waals surface area contributed by atoms with E-state index < -0.39 is 5.97 Å². The molecule has 0 amide bonds. The van der Waals surface area contributed by atoms with E-state index in [9.17, 15) is 4.79 Å². The molecule has 2 rings (SSSR count). The summed E-state index contributed by atoms with van der Waals surface area (Å²) in [6.07, 6.45) is 0.327. The van der Waals surface area contributed by atoms with Crippen molar-refractivity contribution in [2.75, 3.05) is 0 Å². The SMILES string of the molecule is NC(Cc1ccc(Cl)cc1Cl)=[NH+]OC(=O)c1cccs1. The molecule has 0 aliphatic heterocycles. The van der Waals surface area contributed by atoms with Gasteiger partial charge >= 0.3 is 5.97 Å². The second-order valence-corrected chi connectivity index (χ2v) is 5.70. The molecule has 0 atom stereocenters. The van der Waals surface area contributed by atoms with Crippen LogP contribution in [0.2, 0.25) is 10.0 Å². The van der Waals surface area contributed by atoms with Crippen LogP contribution < -0.4 is 10.9 Å². The second-order valence-electron chi connectivity index (χ2n) is 3.91. The van der Waals surface area contributed by atoms with Gasteiger partial charge < -0.3 is 0 Å². The molecule has 0 spiro atoms. The highest BCUT2D eigenvalue weighted by Crippen LogP contribution is 2.20. The molecule has 0 fully saturated rings. The van der Waals surface area contributed by atoms with Crippen LogP contribution in [0.25, 0.3) is 0 Å². The number of nitrogens with two attached hydrogens (primary N) is 1. The number of amidine groups is 1. The Morgan fingerprint density at radius 2 is 2.15 bits per heavy atom. The van der Waals surface area contributed by atoms with Gasteiger partial charge in [0.25, 0.3) is 5.84 Å². The predicted molar refractivity (Wildman–Crippen MR) is 80.1 cm³/mol. The molecule has 104 valence electrons. The molecule has 0 saturated heterocycles. The van der Waals surface area contributed by atoms with Crippen LogP contribution in [0.15, 0.2) is 35.7 Å². The summed E-state index contributed by atoms with van der Waals surface area (Å²) in [6, 6.07) is 8.54. The van der Waals surface area contributed by atoms with E-state index in [0.29, 0.717) is 21.3 Å². The van der Waals surface area contributed by atoms with Crippen molar-refractivity contribution in [1.29, 1.82) is 0 Å². The first-order valence-corrected chi connectivity index (χ1v) is 7.25. The van der Waals surface area contributed by atoms with Crippen molar-refractivity contribution in [2.24, 2.45) is 5.73 Å². The third kappa shape index (κ3) is 3.96. The van der Waals surface area contributed by atoms with Gasteiger partial charge in [-0.25, -0.2) is 4.79 Å². The maximum absolute atomic E-state index is 11.6. The van der Waals surface area contributed by atoms with Gasteiger partial charge in [0, 0.05) is 10.0 Å². The predicted octanol–water partition coefficient (Wildman–Crippen LogP) is 1.81. The van der Waals surface area contributed by atoms with Gasteiger partial charge in [0.15, 0.2) is 0 Å². The molecular weight excluding hydrogens is 319 g/mol. The number of nitrogens with one attached hydrogen (secondary N) is 1. The summed E-state index contributed by atoms with van der Waals surface area (Å²) in [4.78, 5) is 17.0. The smallest absolute Gasteiger partial charge is 0.288 e. The molecule has 7 heteroatoms. The summed E-state index contributed by atoms with van der Waals surface area (Å²) in [5, 5.41) is 5.27. The molecule has 1 heterocycles. The fourth-order valence-electron chi connectivity index (χ4n) is 1.46. The third-order valence-electron chi connectivity index (χ3n) is 2.39. The van der Waals surface area contributed by atoms with Gasteiger partial charge in [-0.3, -0.25) is 10.6 Å². The van der Waals surface area contributed by atoms with Crippen molar-refractivity contribution in [3.05, 3.63) is 56.2 Å².